The van der Waals surface area contributed by atoms with Crippen molar-refractivity contribution in [1.82, 2.24) is 0 Å². The highest BCUT2D eigenvalue weighted by Crippen LogP contribution is 2.28. The van der Waals surface area contributed by atoms with Crippen LogP contribution < -0.4 is 9.47 Å². The smallest absolute Gasteiger partial charge is 0.311 e. The molecule has 5 heteroatoms. The molecule has 0 radical (unpaired) electrons. The SMILES string of the molecule is CCC(=O)OC/C=C/c1ccc(OC(=O)CC)c(OC)c1. The number of hydrogen-bond donors (Lipinski definition) is 0. The molecule has 5 nitrogen and oxygen atoms in total. The summed E-state index contributed by atoms with van der Waals surface area (Å²) < 4.78 is 15.3. The van der Waals surface area contributed by atoms with E-state index in [1.165, 1.54) is 7.11 Å². The van der Waals surface area contributed by atoms with Crippen LogP contribution in [-0.4, -0.2) is 25.7 Å². The summed E-state index contributed by atoms with van der Waals surface area (Å²) >= 11 is 0. The second-order valence-electron chi connectivity index (χ2n) is 4.18. The van der Waals surface area contributed by atoms with Crippen molar-refractivity contribution >= 4 is 18.0 Å². The quantitative estimate of drug-likeness (QED) is 0.571. The summed E-state index contributed by atoms with van der Waals surface area (Å²) in [5, 5.41) is 0. The van der Waals surface area contributed by atoms with Crippen LogP contribution in [0.25, 0.3) is 6.08 Å². The Morgan fingerprint density at radius 1 is 1.10 bits per heavy atom. The number of rotatable bonds is 7. The highest BCUT2D eigenvalue weighted by molar-refractivity contribution is 5.73. The van der Waals surface area contributed by atoms with Crippen LogP contribution in [0.4, 0.5) is 0 Å². The third-order valence-corrected chi connectivity index (χ3v) is 2.64. The Bertz CT molecular complexity index is 519. The lowest BCUT2D eigenvalue weighted by molar-refractivity contribution is -0.142. The maximum absolute atomic E-state index is 11.3. The Balaban J connectivity index is 2.70. The molecule has 0 saturated heterocycles. The third kappa shape index (κ3) is 5.69. The van der Waals surface area contributed by atoms with E-state index in [0.29, 0.717) is 24.3 Å². The van der Waals surface area contributed by atoms with E-state index in [-0.39, 0.29) is 18.5 Å². The second kappa shape index (κ2) is 8.79. The number of carbonyl (C=O) groups is 2. The van der Waals surface area contributed by atoms with Gasteiger partial charge in [-0.05, 0) is 23.8 Å². The lowest BCUT2D eigenvalue weighted by Gasteiger charge is -2.09. The third-order valence-electron chi connectivity index (χ3n) is 2.64. The summed E-state index contributed by atoms with van der Waals surface area (Å²) in [7, 11) is 1.51. The van der Waals surface area contributed by atoms with Crippen LogP contribution in [0.1, 0.15) is 32.3 Å². The van der Waals surface area contributed by atoms with E-state index in [0.717, 1.165) is 5.56 Å². The van der Waals surface area contributed by atoms with E-state index < -0.39 is 0 Å². The van der Waals surface area contributed by atoms with Gasteiger partial charge in [0.2, 0.25) is 0 Å². The first-order valence-corrected chi connectivity index (χ1v) is 6.81. The van der Waals surface area contributed by atoms with Gasteiger partial charge >= 0.3 is 11.9 Å². The van der Waals surface area contributed by atoms with Crippen LogP contribution in [0.15, 0.2) is 24.3 Å². The van der Waals surface area contributed by atoms with E-state index in [4.69, 9.17) is 14.2 Å². The molecule has 0 atom stereocenters. The molecule has 1 aromatic rings. The van der Waals surface area contributed by atoms with E-state index in [1.807, 2.05) is 0 Å². The lowest BCUT2D eigenvalue weighted by atomic mass is 10.2. The van der Waals surface area contributed by atoms with Gasteiger partial charge in [0.25, 0.3) is 0 Å². The van der Waals surface area contributed by atoms with Crippen LogP contribution in [0, 0.1) is 0 Å². The van der Waals surface area contributed by atoms with Gasteiger partial charge in [-0.3, -0.25) is 9.59 Å². The predicted molar refractivity (Wildman–Crippen MR) is 79.2 cm³/mol. The number of esters is 2. The van der Waals surface area contributed by atoms with Crippen molar-refractivity contribution in [3.63, 3.8) is 0 Å². The Kier molecular flexibility index (Phi) is 7.01. The van der Waals surface area contributed by atoms with Gasteiger partial charge in [-0.25, -0.2) is 0 Å². The maximum Gasteiger partial charge on any atom is 0.311 e. The highest BCUT2D eigenvalue weighted by atomic mass is 16.6. The molecule has 0 spiro atoms. The van der Waals surface area contributed by atoms with E-state index >= 15 is 0 Å². The number of benzene rings is 1. The van der Waals surface area contributed by atoms with Gasteiger partial charge in [0.1, 0.15) is 6.61 Å². The molecule has 21 heavy (non-hydrogen) atoms. The number of methoxy groups -OCH3 is 1. The van der Waals surface area contributed by atoms with Crippen molar-refractivity contribution in [2.45, 2.75) is 26.7 Å². The fourth-order valence-electron chi connectivity index (χ4n) is 1.49. The topological polar surface area (TPSA) is 61.8 Å². The summed E-state index contributed by atoms with van der Waals surface area (Å²) in [6.07, 6.45) is 4.20. The molecule has 0 amide bonds. The molecular weight excluding hydrogens is 272 g/mol. The Hall–Kier alpha value is -2.30. The molecule has 0 aliphatic carbocycles. The van der Waals surface area contributed by atoms with Crippen molar-refractivity contribution in [3.05, 3.63) is 29.8 Å². The highest BCUT2D eigenvalue weighted by Gasteiger charge is 2.08. The van der Waals surface area contributed by atoms with E-state index in [9.17, 15) is 9.59 Å². The van der Waals surface area contributed by atoms with Crippen molar-refractivity contribution < 1.29 is 23.8 Å². The van der Waals surface area contributed by atoms with Crippen LogP contribution >= 0.6 is 0 Å². The van der Waals surface area contributed by atoms with E-state index in [2.05, 4.69) is 0 Å². The summed E-state index contributed by atoms with van der Waals surface area (Å²) in [5.41, 5.74) is 0.857. The van der Waals surface area contributed by atoms with Gasteiger partial charge in [-0.15, -0.1) is 0 Å². The maximum atomic E-state index is 11.3. The lowest BCUT2D eigenvalue weighted by Crippen LogP contribution is -2.06. The Labute approximate surface area is 124 Å². The van der Waals surface area contributed by atoms with Crippen molar-refractivity contribution in [3.8, 4) is 11.5 Å². The zero-order chi connectivity index (χ0) is 15.7. The molecule has 0 aliphatic rings. The summed E-state index contributed by atoms with van der Waals surface area (Å²) in [4.78, 5) is 22.3. The molecule has 0 aliphatic heterocycles. The van der Waals surface area contributed by atoms with Crippen LogP contribution in [0.3, 0.4) is 0 Å². The fourth-order valence-corrected chi connectivity index (χ4v) is 1.49. The van der Waals surface area contributed by atoms with Crippen molar-refractivity contribution in [1.29, 1.82) is 0 Å². The average Bonchev–Trinajstić information content (AvgIpc) is 2.52. The van der Waals surface area contributed by atoms with Gasteiger partial charge in [0.05, 0.1) is 7.11 Å². The normalized spacial score (nSPS) is 10.4. The number of ether oxygens (including phenoxy) is 3. The molecule has 0 aromatic heterocycles. The first kappa shape index (κ1) is 16.8. The number of carbonyl (C=O) groups excluding carboxylic acids is 2. The first-order chi connectivity index (χ1) is 10.1. The van der Waals surface area contributed by atoms with E-state index in [1.54, 1.807) is 44.2 Å². The van der Waals surface area contributed by atoms with Gasteiger partial charge in [0, 0.05) is 12.8 Å². The van der Waals surface area contributed by atoms with Gasteiger partial charge < -0.3 is 14.2 Å². The van der Waals surface area contributed by atoms with Crippen molar-refractivity contribution in [2.24, 2.45) is 0 Å². The van der Waals surface area contributed by atoms with Crippen LogP contribution in [-0.2, 0) is 14.3 Å². The van der Waals surface area contributed by atoms with Gasteiger partial charge in [-0.2, -0.15) is 0 Å². The standard InChI is InChI=1S/C16H20O5/c1-4-15(17)20-10-6-7-12-8-9-13(14(11-12)19-3)21-16(18)5-2/h6-9,11H,4-5,10H2,1-3H3/b7-6+. The fraction of sp³-hybridized carbons (Fsp3) is 0.375. The van der Waals surface area contributed by atoms with Gasteiger partial charge in [-0.1, -0.05) is 26.0 Å². The predicted octanol–water partition coefficient (Wildman–Crippen LogP) is 2.98. The van der Waals surface area contributed by atoms with Crippen LogP contribution in [0.2, 0.25) is 0 Å². The molecule has 0 unspecified atom stereocenters. The summed E-state index contributed by atoms with van der Waals surface area (Å²) in [6, 6.07) is 5.21. The summed E-state index contributed by atoms with van der Waals surface area (Å²) in [6.45, 7) is 3.69. The minimum atomic E-state index is -0.317. The van der Waals surface area contributed by atoms with Crippen molar-refractivity contribution in [2.75, 3.05) is 13.7 Å². The molecule has 0 saturated carbocycles. The molecule has 1 rings (SSSR count). The molecular formula is C16H20O5. The molecule has 0 bridgehead atoms. The Morgan fingerprint density at radius 3 is 2.43 bits per heavy atom. The first-order valence-electron chi connectivity index (χ1n) is 6.81. The molecule has 1 aromatic carbocycles. The molecule has 114 valence electrons. The minimum absolute atomic E-state index is 0.224. The zero-order valence-corrected chi connectivity index (χ0v) is 12.5. The molecule has 0 N–H and O–H groups in total. The average molecular weight is 292 g/mol. The van der Waals surface area contributed by atoms with Crippen LogP contribution in [0.5, 0.6) is 11.5 Å². The molecule has 0 heterocycles. The minimum Gasteiger partial charge on any atom is -0.493 e. The number of hydrogen-bond acceptors (Lipinski definition) is 5. The second-order valence-corrected chi connectivity index (χ2v) is 4.18. The zero-order valence-electron chi connectivity index (χ0n) is 12.5. The Morgan fingerprint density at radius 2 is 1.81 bits per heavy atom. The van der Waals surface area contributed by atoms with Gasteiger partial charge in [0.15, 0.2) is 11.5 Å². The monoisotopic (exact) mass is 292 g/mol. The largest absolute Gasteiger partial charge is 0.493 e. The summed E-state index contributed by atoms with van der Waals surface area (Å²) in [5.74, 6) is 0.311. The molecule has 0 fully saturated rings.